The minimum Gasteiger partial charge on any atom is -0.493 e. The normalized spacial score (nSPS) is 20.3. The molecule has 1 amide bonds. The Bertz CT molecular complexity index is 1180. The van der Waals surface area contributed by atoms with Gasteiger partial charge in [-0.3, -0.25) is 14.5 Å². The van der Waals surface area contributed by atoms with E-state index in [4.69, 9.17) is 9.47 Å². The van der Waals surface area contributed by atoms with Gasteiger partial charge in [-0.15, -0.1) is 0 Å². The number of nitrogens with zero attached hydrogens (tertiary/aromatic N) is 1. The Morgan fingerprint density at radius 2 is 1.68 bits per heavy atom. The van der Waals surface area contributed by atoms with Gasteiger partial charge >= 0.3 is 6.18 Å². The van der Waals surface area contributed by atoms with Gasteiger partial charge in [0.1, 0.15) is 0 Å². The van der Waals surface area contributed by atoms with E-state index in [0.717, 1.165) is 11.0 Å². The topological polar surface area (TPSA) is 55.8 Å². The van der Waals surface area contributed by atoms with Crippen LogP contribution in [-0.4, -0.2) is 25.9 Å². The molecule has 0 aromatic heterocycles. The molecule has 4 rings (SSSR count). The van der Waals surface area contributed by atoms with Gasteiger partial charge in [0.15, 0.2) is 17.3 Å². The molecule has 0 bridgehead atoms. The Morgan fingerprint density at radius 3 is 2.32 bits per heavy atom. The zero-order chi connectivity index (χ0) is 24.8. The number of ketones is 1. The molecule has 2 aromatic rings. The quantitative estimate of drug-likeness (QED) is 0.556. The first kappa shape index (κ1) is 23.9. The standard InChI is InChI=1S/C26H26F3NO4/c1-25(2)13-19-23(20(31)14-25)16(15-8-7-11-21(33-3)24(15)34-4)12-22(32)30(19)18-10-6-5-9-17(18)26(27,28)29/h5-11,16H,12-14H2,1-4H3. The second-order valence-corrected chi connectivity index (χ2v) is 9.38. The molecule has 1 aliphatic carbocycles. The largest absolute Gasteiger partial charge is 0.493 e. The Balaban J connectivity index is 1.98. The van der Waals surface area contributed by atoms with E-state index in [9.17, 15) is 22.8 Å². The number of carbonyl (C=O) groups is 2. The van der Waals surface area contributed by atoms with Gasteiger partial charge in [0.25, 0.3) is 0 Å². The summed E-state index contributed by atoms with van der Waals surface area (Å²) in [6.07, 6.45) is -4.30. The van der Waals surface area contributed by atoms with Crippen LogP contribution in [0.4, 0.5) is 18.9 Å². The molecule has 8 heteroatoms. The first-order valence-corrected chi connectivity index (χ1v) is 10.9. The number of ether oxygens (including phenoxy) is 2. The molecule has 34 heavy (non-hydrogen) atoms. The van der Waals surface area contributed by atoms with E-state index in [1.165, 1.54) is 32.4 Å². The van der Waals surface area contributed by atoms with Gasteiger partial charge in [-0.05, 0) is 30.0 Å². The van der Waals surface area contributed by atoms with E-state index >= 15 is 0 Å². The third-order valence-electron chi connectivity index (χ3n) is 6.40. The third kappa shape index (κ3) is 4.06. The highest BCUT2D eigenvalue weighted by atomic mass is 19.4. The van der Waals surface area contributed by atoms with Crippen molar-refractivity contribution in [2.45, 2.75) is 45.2 Å². The SMILES string of the molecule is COc1cccc(C2CC(=O)N(c3ccccc3C(F)(F)F)C3=C2C(=O)CC(C)(C)C3)c1OC. The molecular weight excluding hydrogens is 447 g/mol. The molecule has 0 N–H and O–H groups in total. The number of amides is 1. The van der Waals surface area contributed by atoms with Gasteiger partial charge in [0.05, 0.1) is 25.5 Å². The Morgan fingerprint density at radius 1 is 0.971 bits per heavy atom. The highest BCUT2D eigenvalue weighted by Crippen LogP contribution is 2.51. The summed E-state index contributed by atoms with van der Waals surface area (Å²) in [4.78, 5) is 28.1. The number of carbonyl (C=O) groups excluding carboxylic acids is 2. The van der Waals surface area contributed by atoms with E-state index in [1.54, 1.807) is 18.2 Å². The van der Waals surface area contributed by atoms with Crippen LogP contribution in [0.1, 0.15) is 50.2 Å². The lowest BCUT2D eigenvalue weighted by molar-refractivity contribution is -0.137. The van der Waals surface area contributed by atoms with Crippen molar-refractivity contribution in [3.05, 3.63) is 64.9 Å². The van der Waals surface area contributed by atoms with Crippen LogP contribution < -0.4 is 14.4 Å². The first-order chi connectivity index (χ1) is 16.0. The van der Waals surface area contributed by atoms with Crippen molar-refractivity contribution in [2.24, 2.45) is 5.41 Å². The molecule has 180 valence electrons. The number of allylic oxidation sites excluding steroid dienone is 2. The summed E-state index contributed by atoms with van der Waals surface area (Å²) in [6.45, 7) is 3.76. The Hall–Kier alpha value is -3.29. The molecular formula is C26H26F3NO4. The fourth-order valence-corrected chi connectivity index (χ4v) is 5.06. The Kier molecular flexibility index (Phi) is 5.96. The average molecular weight is 473 g/mol. The van der Waals surface area contributed by atoms with Crippen LogP contribution in [0.5, 0.6) is 11.5 Å². The minimum absolute atomic E-state index is 0.166. The summed E-state index contributed by atoms with van der Waals surface area (Å²) >= 11 is 0. The number of Topliss-reactive ketones (excluding diaryl/α,β-unsaturated/α-hetero) is 1. The number of anilines is 1. The van der Waals surface area contributed by atoms with Crippen molar-refractivity contribution < 1.29 is 32.2 Å². The summed E-state index contributed by atoms with van der Waals surface area (Å²) < 4.78 is 52.5. The number of halogens is 3. The van der Waals surface area contributed by atoms with Gasteiger partial charge in [0.2, 0.25) is 5.91 Å². The van der Waals surface area contributed by atoms with Crippen LogP contribution in [-0.2, 0) is 15.8 Å². The molecule has 2 aromatic carbocycles. The molecule has 1 aliphatic heterocycles. The molecule has 1 atom stereocenters. The highest BCUT2D eigenvalue weighted by Gasteiger charge is 2.47. The van der Waals surface area contributed by atoms with Crippen LogP contribution >= 0.6 is 0 Å². The van der Waals surface area contributed by atoms with E-state index < -0.39 is 29.0 Å². The fraction of sp³-hybridized carbons (Fsp3) is 0.385. The number of methoxy groups -OCH3 is 2. The summed E-state index contributed by atoms with van der Waals surface area (Å²) in [5.41, 5.74) is -0.398. The maximum Gasteiger partial charge on any atom is 0.418 e. The third-order valence-corrected chi connectivity index (χ3v) is 6.40. The van der Waals surface area contributed by atoms with Crippen molar-refractivity contribution in [2.75, 3.05) is 19.1 Å². The molecule has 5 nitrogen and oxygen atoms in total. The summed E-state index contributed by atoms with van der Waals surface area (Å²) in [7, 11) is 2.96. The lowest BCUT2D eigenvalue weighted by Crippen LogP contribution is -2.44. The van der Waals surface area contributed by atoms with Crippen molar-refractivity contribution in [1.82, 2.24) is 0 Å². The summed E-state index contributed by atoms with van der Waals surface area (Å²) in [5, 5.41) is 0. The lowest BCUT2D eigenvalue weighted by atomic mass is 9.69. The van der Waals surface area contributed by atoms with Crippen molar-refractivity contribution in [3.8, 4) is 11.5 Å². The molecule has 2 aliphatic rings. The highest BCUT2D eigenvalue weighted by molar-refractivity contribution is 6.08. The number of hydrogen-bond donors (Lipinski definition) is 0. The molecule has 0 saturated carbocycles. The predicted octanol–water partition coefficient (Wildman–Crippen LogP) is 5.89. The zero-order valence-corrected chi connectivity index (χ0v) is 19.5. The molecule has 1 unspecified atom stereocenters. The number of alkyl halides is 3. The van der Waals surface area contributed by atoms with Gasteiger partial charge in [0, 0.05) is 35.6 Å². The maximum absolute atomic E-state index is 13.9. The molecule has 0 spiro atoms. The van der Waals surface area contributed by atoms with E-state index in [0.29, 0.717) is 28.3 Å². The van der Waals surface area contributed by atoms with Crippen molar-refractivity contribution in [1.29, 1.82) is 0 Å². The molecule has 0 saturated heterocycles. The predicted molar refractivity (Wildman–Crippen MR) is 121 cm³/mol. The van der Waals surface area contributed by atoms with Crippen LogP contribution in [0.3, 0.4) is 0 Å². The lowest BCUT2D eigenvalue weighted by Gasteiger charge is -2.43. The molecule has 1 heterocycles. The summed E-state index contributed by atoms with van der Waals surface area (Å²) in [5.74, 6) is -0.483. The number of hydrogen-bond acceptors (Lipinski definition) is 4. The number of rotatable bonds is 4. The molecule has 0 radical (unpaired) electrons. The second kappa shape index (κ2) is 8.49. The maximum atomic E-state index is 13.9. The minimum atomic E-state index is -4.65. The van der Waals surface area contributed by atoms with Gasteiger partial charge in [-0.1, -0.05) is 38.1 Å². The van der Waals surface area contributed by atoms with Gasteiger partial charge < -0.3 is 9.47 Å². The van der Waals surface area contributed by atoms with Gasteiger partial charge in [-0.25, -0.2) is 0 Å². The van der Waals surface area contributed by atoms with E-state index in [1.807, 2.05) is 13.8 Å². The number of benzene rings is 2. The zero-order valence-electron chi connectivity index (χ0n) is 19.5. The van der Waals surface area contributed by atoms with Crippen LogP contribution in [0.2, 0.25) is 0 Å². The fourth-order valence-electron chi connectivity index (χ4n) is 5.06. The van der Waals surface area contributed by atoms with E-state index in [2.05, 4.69) is 0 Å². The van der Waals surface area contributed by atoms with Gasteiger partial charge in [-0.2, -0.15) is 13.2 Å². The average Bonchev–Trinajstić information content (AvgIpc) is 2.76. The summed E-state index contributed by atoms with van der Waals surface area (Å²) in [6, 6.07) is 10.2. The number of para-hydroxylation sites is 2. The second-order valence-electron chi connectivity index (χ2n) is 9.38. The van der Waals surface area contributed by atoms with Crippen molar-refractivity contribution in [3.63, 3.8) is 0 Å². The van der Waals surface area contributed by atoms with Crippen molar-refractivity contribution >= 4 is 17.4 Å². The van der Waals surface area contributed by atoms with Crippen LogP contribution in [0.25, 0.3) is 0 Å². The Labute approximate surface area is 196 Å². The van der Waals surface area contributed by atoms with Crippen LogP contribution in [0, 0.1) is 5.41 Å². The van der Waals surface area contributed by atoms with Crippen LogP contribution in [0.15, 0.2) is 53.7 Å². The monoisotopic (exact) mass is 473 g/mol. The molecule has 0 fully saturated rings. The smallest absolute Gasteiger partial charge is 0.418 e. The van der Waals surface area contributed by atoms with E-state index in [-0.39, 0.29) is 30.7 Å². The first-order valence-electron chi connectivity index (χ1n) is 10.9.